The number of aromatic nitrogens is 2. The fourth-order valence-electron chi connectivity index (χ4n) is 3.98. The lowest BCUT2D eigenvalue weighted by Crippen LogP contribution is -2.64. The summed E-state index contributed by atoms with van der Waals surface area (Å²) >= 11 is 7.72. The van der Waals surface area contributed by atoms with Crippen molar-refractivity contribution in [1.29, 1.82) is 0 Å². The van der Waals surface area contributed by atoms with Crippen LogP contribution in [-0.4, -0.2) is 40.2 Å². The molecule has 0 saturated carbocycles. The van der Waals surface area contributed by atoms with E-state index in [1.54, 1.807) is 6.07 Å². The topological polar surface area (TPSA) is 92.1 Å². The Labute approximate surface area is 183 Å². The summed E-state index contributed by atoms with van der Waals surface area (Å²) in [6, 6.07) is 17.5. The van der Waals surface area contributed by atoms with E-state index in [1.807, 2.05) is 36.4 Å². The van der Waals surface area contributed by atoms with Crippen LogP contribution in [0.2, 0.25) is 5.02 Å². The van der Waals surface area contributed by atoms with Crippen LogP contribution in [-0.2, 0) is 10.5 Å². The first kappa shape index (κ1) is 19.6. The van der Waals surface area contributed by atoms with Crippen molar-refractivity contribution in [2.75, 3.05) is 6.54 Å². The Morgan fingerprint density at radius 2 is 1.93 bits per heavy atom. The van der Waals surface area contributed by atoms with Crippen LogP contribution in [0.3, 0.4) is 0 Å². The van der Waals surface area contributed by atoms with Crippen molar-refractivity contribution in [3.63, 3.8) is 0 Å². The number of amides is 1. The number of hydrogen-bond donors (Lipinski definition) is 3. The molecule has 9 heteroatoms. The highest BCUT2D eigenvalue weighted by Crippen LogP contribution is 2.31. The van der Waals surface area contributed by atoms with Crippen molar-refractivity contribution in [3.05, 3.63) is 71.1 Å². The highest BCUT2D eigenvalue weighted by Gasteiger charge is 2.45. The van der Waals surface area contributed by atoms with E-state index >= 15 is 0 Å². The molecule has 30 heavy (non-hydrogen) atoms. The van der Waals surface area contributed by atoms with Crippen LogP contribution in [0.1, 0.15) is 17.4 Å². The van der Waals surface area contributed by atoms with Crippen LogP contribution in [0.25, 0.3) is 11.4 Å². The van der Waals surface area contributed by atoms with Crippen molar-refractivity contribution < 1.29 is 9.32 Å². The molecular weight excluding hydrogens is 422 g/mol. The van der Waals surface area contributed by atoms with E-state index in [-0.39, 0.29) is 29.4 Å². The van der Waals surface area contributed by atoms with E-state index in [4.69, 9.17) is 16.1 Å². The number of hydrogen-bond acceptors (Lipinski definition) is 7. The summed E-state index contributed by atoms with van der Waals surface area (Å²) in [6.45, 7) is 0.766. The summed E-state index contributed by atoms with van der Waals surface area (Å²) in [5, 5.41) is 14.5. The summed E-state index contributed by atoms with van der Waals surface area (Å²) in [5.74, 6) is 1.66. The van der Waals surface area contributed by atoms with Gasteiger partial charge >= 0.3 is 0 Å². The normalized spacial score (nSPS) is 25.7. The Kier molecular flexibility index (Phi) is 5.47. The second-order valence-corrected chi connectivity index (χ2v) is 8.79. The number of benzene rings is 2. The lowest BCUT2D eigenvalue weighted by Gasteiger charge is -2.35. The zero-order valence-electron chi connectivity index (χ0n) is 15.9. The van der Waals surface area contributed by atoms with Crippen LogP contribution in [0, 0.1) is 0 Å². The lowest BCUT2D eigenvalue weighted by atomic mass is 9.90. The van der Waals surface area contributed by atoms with Gasteiger partial charge in [0.2, 0.25) is 17.6 Å². The minimum absolute atomic E-state index is 0.0111. The van der Waals surface area contributed by atoms with E-state index in [2.05, 4.69) is 38.2 Å². The van der Waals surface area contributed by atoms with Crippen molar-refractivity contribution >= 4 is 29.3 Å². The predicted molar refractivity (Wildman–Crippen MR) is 116 cm³/mol. The third-order valence-electron chi connectivity index (χ3n) is 5.43. The molecule has 2 aliphatic rings. The first-order chi connectivity index (χ1) is 14.7. The van der Waals surface area contributed by atoms with Gasteiger partial charge in [-0.15, -0.1) is 11.8 Å². The zero-order chi connectivity index (χ0) is 20.5. The monoisotopic (exact) mass is 441 g/mol. The summed E-state index contributed by atoms with van der Waals surface area (Å²) in [7, 11) is 0. The molecule has 1 aromatic heterocycles. The van der Waals surface area contributed by atoms with Gasteiger partial charge in [-0.3, -0.25) is 10.1 Å². The number of nitrogens with one attached hydrogen (secondary N) is 3. The number of nitrogens with zero attached hydrogens (tertiary/aromatic N) is 2. The van der Waals surface area contributed by atoms with Gasteiger partial charge in [0.1, 0.15) is 11.5 Å². The van der Waals surface area contributed by atoms with Gasteiger partial charge in [-0.1, -0.05) is 59.2 Å². The molecular formula is C21H20ClN5O2S. The molecule has 0 radical (unpaired) electrons. The summed E-state index contributed by atoms with van der Waals surface area (Å²) < 4.78 is 5.38. The third-order valence-corrected chi connectivity index (χ3v) is 6.76. The number of carbonyl (C=O) groups is 1. The maximum atomic E-state index is 12.6. The van der Waals surface area contributed by atoms with Crippen molar-refractivity contribution in [3.8, 4) is 11.4 Å². The van der Waals surface area contributed by atoms with E-state index in [9.17, 15) is 4.79 Å². The van der Waals surface area contributed by atoms with Crippen LogP contribution >= 0.6 is 23.4 Å². The summed E-state index contributed by atoms with van der Waals surface area (Å²) in [5.41, 5.74) is 1.72. The molecule has 7 nitrogen and oxygen atoms in total. The predicted octanol–water partition coefficient (Wildman–Crippen LogP) is 2.75. The Balaban J connectivity index is 1.25. The fourth-order valence-corrected chi connectivity index (χ4v) is 5.08. The van der Waals surface area contributed by atoms with E-state index in [0.717, 1.165) is 12.1 Å². The van der Waals surface area contributed by atoms with Crippen LogP contribution in [0.5, 0.6) is 0 Å². The molecule has 3 aromatic rings. The molecule has 4 unspecified atom stereocenters. The maximum Gasteiger partial charge on any atom is 0.240 e. The molecule has 154 valence electrons. The molecule has 4 atom stereocenters. The SMILES string of the molecule is O=C1NC(SCc2nc(-c3ccccc3Cl)no2)NC2C1NCC2c1ccccc1. The molecule has 5 rings (SSSR count). The average Bonchev–Trinajstić information content (AvgIpc) is 3.41. The summed E-state index contributed by atoms with van der Waals surface area (Å²) in [6.07, 6.45) is 0. The first-order valence-corrected chi connectivity index (χ1v) is 11.2. The van der Waals surface area contributed by atoms with E-state index < -0.39 is 0 Å². The minimum Gasteiger partial charge on any atom is -0.338 e. The second-order valence-electron chi connectivity index (χ2n) is 7.29. The molecule has 0 spiro atoms. The third kappa shape index (κ3) is 3.83. The van der Waals surface area contributed by atoms with Gasteiger partial charge in [-0.25, -0.2) is 0 Å². The number of carbonyl (C=O) groups excluding carboxylic acids is 1. The zero-order valence-corrected chi connectivity index (χ0v) is 17.5. The van der Waals surface area contributed by atoms with Gasteiger partial charge in [0.15, 0.2) is 0 Å². The number of fused-ring (bicyclic) bond motifs is 1. The molecule has 1 amide bonds. The Morgan fingerprint density at radius 1 is 1.13 bits per heavy atom. The lowest BCUT2D eigenvalue weighted by molar-refractivity contribution is -0.125. The van der Waals surface area contributed by atoms with Gasteiger partial charge in [0.05, 0.1) is 10.8 Å². The largest absolute Gasteiger partial charge is 0.338 e. The smallest absolute Gasteiger partial charge is 0.240 e. The van der Waals surface area contributed by atoms with E-state index in [0.29, 0.717) is 22.5 Å². The van der Waals surface area contributed by atoms with Crippen LogP contribution < -0.4 is 16.0 Å². The average molecular weight is 442 g/mol. The molecule has 0 bridgehead atoms. The maximum absolute atomic E-state index is 12.6. The minimum atomic E-state index is -0.236. The second kappa shape index (κ2) is 8.39. The number of thioether (sulfide) groups is 1. The Bertz CT molecular complexity index is 1050. The molecule has 2 saturated heterocycles. The molecule has 0 aliphatic carbocycles. The molecule has 3 heterocycles. The van der Waals surface area contributed by atoms with Gasteiger partial charge in [0.25, 0.3) is 0 Å². The highest BCUT2D eigenvalue weighted by atomic mass is 35.5. The van der Waals surface area contributed by atoms with E-state index in [1.165, 1.54) is 17.3 Å². The molecule has 2 aliphatic heterocycles. The van der Waals surface area contributed by atoms with Crippen LogP contribution in [0.4, 0.5) is 0 Å². The highest BCUT2D eigenvalue weighted by molar-refractivity contribution is 7.99. The standard InChI is InChI=1S/C21H20ClN5O2S/c22-15-9-5-4-8-13(15)19-24-16(29-27-19)11-30-21-25-17-14(12-6-2-1-3-7-12)10-23-18(17)20(28)26-21/h1-9,14,17-18,21,23,25H,10-11H2,(H,26,28). The van der Waals surface area contributed by atoms with Crippen LogP contribution in [0.15, 0.2) is 59.1 Å². The first-order valence-electron chi connectivity index (χ1n) is 9.73. The Morgan fingerprint density at radius 3 is 2.77 bits per heavy atom. The fraction of sp³-hybridized carbons (Fsp3) is 0.286. The molecule has 3 N–H and O–H groups in total. The van der Waals surface area contributed by atoms with Gasteiger partial charge in [-0.05, 0) is 17.7 Å². The summed E-state index contributed by atoms with van der Waals surface area (Å²) in [4.78, 5) is 17.0. The van der Waals surface area contributed by atoms with Gasteiger partial charge < -0.3 is 15.2 Å². The number of halogens is 1. The van der Waals surface area contributed by atoms with Crippen molar-refractivity contribution in [2.24, 2.45) is 0 Å². The quantitative estimate of drug-likeness (QED) is 0.560. The Hall–Kier alpha value is -2.39. The molecule has 2 fully saturated rings. The van der Waals surface area contributed by atoms with Gasteiger partial charge in [-0.2, -0.15) is 4.98 Å². The van der Waals surface area contributed by atoms with Crippen molar-refractivity contribution in [2.45, 2.75) is 29.3 Å². The number of rotatable bonds is 5. The van der Waals surface area contributed by atoms with Crippen molar-refractivity contribution in [1.82, 2.24) is 26.1 Å². The van der Waals surface area contributed by atoms with Gasteiger partial charge in [0, 0.05) is 24.1 Å². The molecule has 2 aromatic carbocycles.